The summed E-state index contributed by atoms with van der Waals surface area (Å²) >= 11 is 1.64. The van der Waals surface area contributed by atoms with Gasteiger partial charge in [-0.2, -0.15) is 11.8 Å². The number of hydrogen-bond donors (Lipinski definition) is 0. The monoisotopic (exact) mass is 256 g/mol. The minimum atomic E-state index is 0.350. The van der Waals surface area contributed by atoms with Crippen molar-refractivity contribution in [2.45, 2.75) is 44.7 Å². The number of rotatable bonds is 4. The first-order valence-electron chi connectivity index (χ1n) is 6.80. The van der Waals surface area contributed by atoms with E-state index in [-0.39, 0.29) is 0 Å². The fraction of sp³-hybridized carbons (Fsp3) is 0.923. The quantitative estimate of drug-likeness (QED) is 0.766. The number of amides is 1. The summed E-state index contributed by atoms with van der Waals surface area (Å²) < 4.78 is 0. The first-order chi connectivity index (χ1) is 8.27. The van der Waals surface area contributed by atoms with Gasteiger partial charge in [-0.25, -0.2) is 0 Å². The highest BCUT2D eigenvalue weighted by atomic mass is 32.2. The minimum Gasteiger partial charge on any atom is -0.337 e. The largest absolute Gasteiger partial charge is 0.337 e. The number of thioether (sulfide) groups is 1. The molecule has 0 aliphatic carbocycles. The van der Waals surface area contributed by atoms with Crippen molar-refractivity contribution >= 4 is 17.7 Å². The Kier molecular flexibility index (Phi) is 4.74. The van der Waals surface area contributed by atoms with Gasteiger partial charge in [0.1, 0.15) is 0 Å². The molecule has 2 aliphatic rings. The fourth-order valence-electron chi connectivity index (χ4n) is 3.39. The van der Waals surface area contributed by atoms with Crippen LogP contribution in [0.2, 0.25) is 0 Å². The molecule has 2 rings (SSSR count). The third kappa shape index (κ3) is 2.79. The van der Waals surface area contributed by atoms with Gasteiger partial charge in [0.15, 0.2) is 0 Å². The van der Waals surface area contributed by atoms with Crippen molar-refractivity contribution in [1.29, 1.82) is 0 Å². The molecule has 1 amide bonds. The van der Waals surface area contributed by atoms with Gasteiger partial charge < -0.3 is 4.90 Å². The molecular weight excluding hydrogens is 232 g/mol. The van der Waals surface area contributed by atoms with Gasteiger partial charge in [-0.1, -0.05) is 6.92 Å². The Labute approximate surface area is 109 Å². The van der Waals surface area contributed by atoms with Crippen LogP contribution in [0.3, 0.4) is 0 Å². The molecule has 0 radical (unpaired) electrons. The molecule has 0 N–H and O–H groups in total. The summed E-state index contributed by atoms with van der Waals surface area (Å²) in [6, 6.07) is 1.13. The van der Waals surface area contributed by atoms with E-state index in [0.717, 1.165) is 13.1 Å². The third-order valence-electron chi connectivity index (χ3n) is 4.15. The highest BCUT2D eigenvalue weighted by molar-refractivity contribution is 7.99. The van der Waals surface area contributed by atoms with E-state index in [1.54, 1.807) is 11.8 Å². The minimum absolute atomic E-state index is 0.350. The molecule has 2 aliphatic heterocycles. The van der Waals surface area contributed by atoms with E-state index in [1.807, 2.05) is 6.26 Å². The number of carbonyl (C=O) groups excluding carboxylic acids is 1. The maximum absolute atomic E-state index is 12.1. The van der Waals surface area contributed by atoms with E-state index in [0.29, 0.717) is 23.7 Å². The summed E-state index contributed by atoms with van der Waals surface area (Å²) in [6.45, 7) is 5.58. The normalized spacial score (nSPS) is 30.1. The van der Waals surface area contributed by atoms with Crippen LogP contribution in [-0.2, 0) is 4.79 Å². The van der Waals surface area contributed by atoms with Gasteiger partial charge in [0, 0.05) is 18.6 Å². The van der Waals surface area contributed by atoms with Crippen LogP contribution >= 0.6 is 11.8 Å². The summed E-state index contributed by atoms with van der Waals surface area (Å²) in [5.74, 6) is 0.998. The molecule has 0 aromatic carbocycles. The van der Waals surface area contributed by atoms with Crippen LogP contribution in [0.15, 0.2) is 0 Å². The van der Waals surface area contributed by atoms with Crippen molar-refractivity contribution in [2.75, 3.05) is 31.6 Å². The lowest BCUT2D eigenvalue weighted by molar-refractivity contribution is -0.130. The van der Waals surface area contributed by atoms with Gasteiger partial charge in [0.25, 0.3) is 0 Å². The van der Waals surface area contributed by atoms with Crippen LogP contribution in [0.25, 0.3) is 0 Å². The van der Waals surface area contributed by atoms with E-state index in [1.165, 1.54) is 32.2 Å². The average molecular weight is 256 g/mol. The predicted molar refractivity (Wildman–Crippen MR) is 73.4 cm³/mol. The predicted octanol–water partition coefficient (Wildman–Crippen LogP) is 1.82. The van der Waals surface area contributed by atoms with Crippen LogP contribution in [0.4, 0.5) is 0 Å². The van der Waals surface area contributed by atoms with Crippen LogP contribution in [-0.4, -0.2) is 59.4 Å². The number of carbonyl (C=O) groups is 1. The summed E-state index contributed by atoms with van der Waals surface area (Å²) in [5.41, 5.74) is 0. The van der Waals surface area contributed by atoms with Gasteiger partial charge in [-0.05, 0) is 45.0 Å². The van der Waals surface area contributed by atoms with Crippen LogP contribution in [0.5, 0.6) is 0 Å². The fourth-order valence-corrected chi connectivity index (χ4v) is 3.80. The molecule has 2 fully saturated rings. The lowest BCUT2D eigenvalue weighted by atomic mass is 10.0. The Morgan fingerprint density at radius 2 is 1.94 bits per heavy atom. The second-order valence-corrected chi connectivity index (χ2v) is 5.93. The van der Waals surface area contributed by atoms with Crippen molar-refractivity contribution in [3.63, 3.8) is 0 Å². The Morgan fingerprint density at radius 1 is 1.24 bits per heavy atom. The van der Waals surface area contributed by atoms with E-state index in [4.69, 9.17) is 0 Å². The molecule has 2 heterocycles. The van der Waals surface area contributed by atoms with Crippen molar-refractivity contribution in [2.24, 2.45) is 0 Å². The maximum atomic E-state index is 12.1. The van der Waals surface area contributed by atoms with Gasteiger partial charge in [-0.3, -0.25) is 9.69 Å². The molecule has 3 nitrogen and oxygen atoms in total. The SMILES string of the molecule is CCN1CCC[C@H]1[C@@H]1CCCN1C(=O)CSC. The smallest absolute Gasteiger partial charge is 0.232 e. The summed E-state index contributed by atoms with van der Waals surface area (Å²) in [7, 11) is 0. The van der Waals surface area contributed by atoms with Gasteiger partial charge in [0.2, 0.25) is 5.91 Å². The molecule has 98 valence electrons. The van der Waals surface area contributed by atoms with E-state index in [2.05, 4.69) is 16.7 Å². The molecule has 0 spiro atoms. The average Bonchev–Trinajstić information content (AvgIpc) is 2.97. The topological polar surface area (TPSA) is 23.6 Å². The lowest BCUT2D eigenvalue weighted by Crippen LogP contribution is -2.48. The van der Waals surface area contributed by atoms with Gasteiger partial charge in [0.05, 0.1) is 5.75 Å². The maximum Gasteiger partial charge on any atom is 0.232 e. The summed E-state index contributed by atoms with van der Waals surface area (Å²) in [5, 5.41) is 0. The second kappa shape index (κ2) is 6.10. The van der Waals surface area contributed by atoms with Crippen LogP contribution in [0, 0.1) is 0 Å². The third-order valence-corrected chi connectivity index (χ3v) is 4.69. The van der Waals surface area contributed by atoms with E-state index < -0.39 is 0 Å². The molecule has 0 unspecified atom stereocenters. The standard InChI is InChI=1S/C13H24N2OS/c1-3-14-8-4-6-11(14)12-7-5-9-15(12)13(16)10-17-2/h11-12H,3-10H2,1-2H3/t11-,12-/m0/s1. The van der Waals surface area contributed by atoms with Crippen molar-refractivity contribution in [3.8, 4) is 0 Å². The van der Waals surface area contributed by atoms with Crippen molar-refractivity contribution in [3.05, 3.63) is 0 Å². The number of likely N-dealkylation sites (tertiary alicyclic amines) is 2. The second-order valence-electron chi connectivity index (χ2n) is 5.07. The van der Waals surface area contributed by atoms with Crippen LogP contribution < -0.4 is 0 Å². The zero-order valence-corrected chi connectivity index (χ0v) is 11.8. The Hall–Kier alpha value is -0.220. The highest BCUT2D eigenvalue weighted by Gasteiger charge is 2.38. The number of likely N-dealkylation sites (N-methyl/N-ethyl adjacent to an activating group) is 1. The molecule has 2 saturated heterocycles. The zero-order valence-electron chi connectivity index (χ0n) is 11.0. The molecule has 0 aromatic heterocycles. The summed E-state index contributed by atoms with van der Waals surface area (Å²) in [6.07, 6.45) is 7.00. The van der Waals surface area contributed by atoms with Crippen LogP contribution in [0.1, 0.15) is 32.6 Å². The van der Waals surface area contributed by atoms with E-state index >= 15 is 0 Å². The molecule has 0 bridgehead atoms. The van der Waals surface area contributed by atoms with Gasteiger partial charge >= 0.3 is 0 Å². The highest BCUT2D eigenvalue weighted by Crippen LogP contribution is 2.30. The molecule has 2 atom stereocenters. The Balaban J connectivity index is 2.01. The number of nitrogens with zero attached hydrogens (tertiary/aromatic N) is 2. The Morgan fingerprint density at radius 3 is 2.65 bits per heavy atom. The van der Waals surface area contributed by atoms with E-state index in [9.17, 15) is 4.79 Å². The lowest BCUT2D eigenvalue weighted by Gasteiger charge is -2.34. The van der Waals surface area contributed by atoms with Crippen molar-refractivity contribution in [1.82, 2.24) is 9.80 Å². The number of hydrogen-bond acceptors (Lipinski definition) is 3. The van der Waals surface area contributed by atoms with Crippen molar-refractivity contribution < 1.29 is 4.79 Å². The first kappa shape index (κ1) is 13.2. The molecule has 4 heteroatoms. The first-order valence-corrected chi connectivity index (χ1v) is 8.19. The summed E-state index contributed by atoms with van der Waals surface area (Å²) in [4.78, 5) is 16.8. The zero-order chi connectivity index (χ0) is 12.3. The van der Waals surface area contributed by atoms with Gasteiger partial charge in [-0.15, -0.1) is 0 Å². The Bertz CT molecular complexity index is 272. The molecule has 0 aromatic rings. The molecular formula is C13H24N2OS. The molecule has 0 saturated carbocycles. The molecule has 17 heavy (non-hydrogen) atoms.